The average molecular weight is 923 g/mol. The Morgan fingerprint density at radius 2 is 1.30 bits per heavy atom. The van der Waals surface area contributed by atoms with Crippen LogP contribution >= 0.6 is 7.82 Å². The first-order chi connectivity index (χ1) is 30.7. The number of Topliss-reactive ketones (excluding diaryl/α,β-unsaturated/α-hetero) is 1. The first kappa shape index (κ1) is 59.3. The minimum atomic E-state index is -4.46. The molecule has 1 rings (SSSR count). The zero-order chi connectivity index (χ0) is 47.3. The summed E-state index contributed by atoms with van der Waals surface area (Å²) >= 11 is 0. The number of likely N-dealkylation sites (N-methyl/N-ethyl adjacent to an activating group) is 1. The molecule has 0 bridgehead atoms. The summed E-state index contributed by atoms with van der Waals surface area (Å²) in [5.74, 6) is -1.75. The highest BCUT2D eigenvalue weighted by molar-refractivity contribution is 7.47. The number of aliphatic hydroxyl groups is 2. The molecule has 0 amide bonds. The highest BCUT2D eigenvalue weighted by atomic mass is 31.2. The quantitative estimate of drug-likeness (QED) is 0.0176. The van der Waals surface area contributed by atoms with Crippen molar-refractivity contribution in [1.82, 2.24) is 0 Å². The normalized spacial score (nSPS) is 19.2. The Morgan fingerprint density at radius 1 is 0.734 bits per heavy atom. The van der Waals surface area contributed by atoms with E-state index in [4.69, 9.17) is 18.5 Å². The van der Waals surface area contributed by atoms with Crippen LogP contribution in [-0.2, 0) is 37.5 Å². The summed E-state index contributed by atoms with van der Waals surface area (Å²) in [6.45, 7) is 3.97. The first-order valence-corrected chi connectivity index (χ1v) is 26.1. The van der Waals surface area contributed by atoms with Gasteiger partial charge in [-0.2, -0.15) is 0 Å². The van der Waals surface area contributed by atoms with E-state index in [0.29, 0.717) is 43.1 Å². The van der Waals surface area contributed by atoms with Gasteiger partial charge in [-0.25, -0.2) is 4.57 Å². The van der Waals surface area contributed by atoms with E-state index >= 15 is 0 Å². The number of phosphoric acid groups is 1. The first-order valence-electron chi connectivity index (χ1n) is 24.6. The summed E-state index contributed by atoms with van der Waals surface area (Å²) < 4.78 is 34.3. The highest BCUT2D eigenvalue weighted by Crippen LogP contribution is 2.43. The van der Waals surface area contributed by atoms with Gasteiger partial charge in [-0.3, -0.25) is 23.4 Å². The van der Waals surface area contributed by atoms with Crippen LogP contribution in [0.1, 0.15) is 168 Å². The molecule has 1 unspecified atom stereocenters. The molecule has 6 atom stereocenters. The molecule has 0 aliphatic heterocycles. The molecule has 0 aromatic carbocycles. The van der Waals surface area contributed by atoms with Gasteiger partial charge in [0.05, 0.1) is 40.0 Å². The van der Waals surface area contributed by atoms with Crippen molar-refractivity contribution in [2.45, 2.75) is 186 Å². The number of quaternary nitrogens is 1. The van der Waals surface area contributed by atoms with Crippen molar-refractivity contribution >= 4 is 25.5 Å². The number of nitrogens with zero attached hydrogens (tertiary/aromatic N) is 1. The molecule has 1 aliphatic rings. The topological polar surface area (TPSA) is 166 Å². The van der Waals surface area contributed by atoms with Crippen LogP contribution in [0, 0.1) is 11.8 Å². The number of carbonyl (C=O) groups excluding carboxylic acids is 3. The van der Waals surface area contributed by atoms with Crippen LogP contribution in [0.4, 0.5) is 0 Å². The lowest BCUT2D eigenvalue weighted by atomic mass is 9.90. The van der Waals surface area contributed by atoms with Crippen molar-refractivity contribution in [1.29, 1.82) is 0 Å². The van der Waals surface area contributed by atoms with Crippen LogP contribution in [0.15, 0.2) is 60.8 Å². The van der Waals surface area contributed by atoms with E-state index in [9.17, 15) is 34.1 Å². The van der Waals surface area contributed by atoms with Crippen molar-refractivity contribution in [2.24, 2.45) is 11.8 Å². The molecule has 0 radical (unpaired) electrons. The van der Waals surface area contributed by atoms with Crippen LogP contribution in [-0.4, -0.2) is 103 Å². The second-order valence-corrected chi connectivity index (χ2v) is 19.7. The number of ether oxygens (including phenoxy) is 2. The molecule has 0 aromatic heterocycles. The van der Waals surface area contributed by atoms with Crippen molar-refractivity contribution < 1.29 is 57.1 Å². The number of allylic oxidation sites excluding steroid dienone is 8. The van der Waals surface area contributed by atoms with Crippen LogP contribution in [0.25, 0.3) is 0 Å². The monoisotopic (exact) mass is 923 g/mol. The van der Waals surface area contributed by atoms with Gasteiger partial charge in [-0.15, -0.1) is 0 Å². The summed E-state index contributed by atoms with van der Waals surface area (Å²) in [6, 6.07) is 0. The van der Waals surface area contributed by atoms with E-state index in [2.05, 4.69) is 50.3 Å². The van der Waals surface area contributed by atoms with Gasteiger partial charge in [-0.1, -0.05) is 139 Å². The van der Waals surface area contributed by atoms with Gasteiger partial charge in [0, 0.05) is 31.1 Å². The van der Waals surface area contributed by atoms with E-state index in [1.807, 2.05) is 33.3 Å². The lowest BCUT2D eigenvalue weighted by Crippen LogP contribution is -2.37. The molecule has 368 valence electrons. The number of esters is 2. The number of ketones is 1. The average Bonchev–Trinajstić information content (AvgIpc) is 3.51. The summed E-state index contributed by atoms with van der Waals surface area (Å²) in [5, 5.41) is 20.8. The molecule has 12 nitrogen and oxygen atoms in total. The number of aliphatic hydroxyl groups excluding tert-OH is 2. The van der Waals surface area contributed by atoms with Gasteiger partial charge >= 0.3 is 19.8 Å². The molecule has 3 N–H and O–H groups in total. The second-order valence-electron chi connectivity index (χ2n) is 18.3. The molecule has 13 heteroatoms. The number of phosphoric ester groups is 1. The second kappa shape index (κ2) is 37.4. The molecule has 1 aliphatic carbocycles. The van der Waals surface area contributed by atoms with E-state index in [-0.39, 0.29) is 50.1 Å². The summed E-state index contributed by atoms with van der Waals surface area (Å²) in [7, 11) is 1.30. The van der Waals surface area contributed by atoms with Crippen LogP contribution in [0.5, 0.6) is 0 Å². The molecule has 64 heavy (non-hydrogen) atoms. The van der Waals surface area contributed by atoms with E-state index < -0.39 is 44.7 Å². The maximum absolute atomic E-state index is 12.8. The Hall–Kier alpha value is -2.70. The maximum Gasteiger partial charge on any atom is 0.472 e. The summed E-state index contributed by atoms with van der Waals surface area (Å²) in [4.78, 5) is 48.3. The largest absolute Gasteiger partial charge is 0.472 e. The van der Waals surface area contributed by atoms with Gasteiger partial charge in [0.15, 0.2) is 6.10 Å². The third kappa shape index (κ3) is 33.7. The minimum absolute atomic E-state index is 0.00740. The molecule has 0 spiro atoms. The fourth-order valence-electron chi connectivity index (χ4n) is 7.18. The summed E-state index contributed by atoms with van der Waals surface area (Å²) in [6.07, 6.45) is 39.1. The fraction of sp³-hybridized carbons (Fsp3) is 0.745. The van der Waals surface area contributed by atoms with Crippen LogP contribution in [0.2, 0.25) is 0 Å². The van der Waals surface area contributed by atoms with Crippen molar-refractivity contribution in [2.75, 3.05) is 47.5 Å². The molecular formula is C51H89NO11P+. The van der Waals surface area contributed by atoms with Gasteiger partial charge in [0.2, 0.25) is 0 Å². The molecular weight excluding hydrogens is 834 g/mol. The Labute approximate surface area is 387 Å². The molecule has 1 fully saturated rings. The van der Waals surface area contributed by atoms with Crippen molar-refractivity contribution in [3.05, 3.63) is 60.8 Å². The Morgan fingerprint density at radius 3 is 1.95 bits per heavy atom. The molecule has 0 saturated heterocycles. The number of rotatable bonds is 40. The van der Waals surface area contributed by atoms with Crippen LogP contribution < -0.4 is 0 Å². The zero-order valence-corrected chi connectivity index (χ0v) is 41.4. The van der Waals surface area contributed by atoms with Crippen molar-refractivity contribution in [3.63, 3.8) is 0 Å². The van der Waals surface area contributed by atoms with Gasteiger partial charge in [-0.05, 0) is 70.6 Å². The number of unbranched alkanes of at least 4 members (excludes halogenated alkanes) is 13. The number of hydrogen-bond donors (Lipinski definition) is 3. The predicted molar refractivity (Wildman–Crippen MR) is 257 cm³/mol. The molecule has 0 aromatic rings. The van der Waals surface area contributed by atoms with Gasteiger partial charge < -0.3 is 29.1 Å². The van der Waals surface area contributed by atoms with E-state index in [1.54, 1.807) is 12.2 Å². The molecule has 1 saturated carbocycles. The number of hydrogen-bond acceptors (Lipinski definition) is 10. The minimum Gasteiger partial charge on any atom is -0.462 e. The Bertz CT molecular complexity index is 1440. The molecule has 0 heterocycles. The van der Waals surface area contributed by atoms with Gasteiger partial charge in [0.25, 0.3) is 0 Å². The lowest BCUT2D eigenvalue weighted by Gasteiger charge is -2.24. The predicted octanol–water partition coefficient (Wildman–Crippen LogP) is 11.0. The Kier molecular flexibility index (Phi) is 34.7. The standard InChI is InChI=1S/C51H88NO11P/c1-6-8-10-11-12-13-14-15-16-17-18-19-20-21-22-23-24-25-26-31-35-50(56)60-42-45(43-62-64(58,59)61-40-39-52(3,4)5)63-51(57)36-32-28-27-30-34-46-47(49(55)41-48(46)54)38-37-44(53)33-29-9-7-2/h13-14,16-17,19-20,27,30,37-38,44-47,49,53,55H,6-12,15,18,21-26,28-29,31-36,39-43H2,1-5H3/p+1/b14-13-,17-16-,20-19-,30-27-,38-37+/t44-,45+,46+,47+,49+/m0/s1. The SMILES string of the molecule is CCCCCC/C=C\C/C=C\C/C=C\CCCCCCCCC(=O)OC[C@H](COP(=O)(O)OCC[N+](C)(C)C)OC(=O)CCC/C=C\C[C@H]1C(=O)C[C@@H](O)[C@@H]1/C=C/[C@@H](O)CCCCC. The highest BCUT2D eigenvalue weighted by Gasteiger charge is 2.39. The smallest absolute Gasteiger partial charge is 0.462 e. The van der Waals surface area contributed by atoms with E-state index in [1.165, 1.54) is 32.1 Å². The summed E-state index contributed by atoms with van der Waals surface area (Å²) in [5.41, 5.74) is 0. The van der Waals surface area contributed by atoms with Crippen molar-refractivity contribution in [3.8, 4) is 0 Å². The number of carbonyl (C=O) groups is 3. The van der Waals surface area contributed by atoms with Crippen LogP contribution in [0.3, 0.4) is 0 Å². The van der Waals surface area contributed by atoms with Gasteiger partial charge in [0.1, 0.15) is 25.5 Å². The Balaban J connectivity index is 2.46. The fourth-order valence-corrected chi connectivity index (χ4v) is 7.92. The zero-order valence-electron chi connectivity index (χ0n) is 40.5. The third-order valence-corrected chi connectivity index (χ3v) is 12.1. The lowest BCUT2D eigenvalue weighted by molar-refractivity contribution is -0.870. The maximum atomic E-state index is 12.8. The third-order valence-electron chi connectivity index (χ3n) is 11.1. The van der Waals surface area contributed by atoms with E-state index in [0.717, 1.165) is 70.6 Å².